The van der Waals surface area contributed by atoms with E-state index in [2.05, 4.69) is 5.32 Å². The Morgan fingerprint density at radius 1 is 1.00 bits per heavy atom. The third-order valence-corrected chi connectivity index (χ3v) is 5.01. The Morgan fingerprint density at radius 3 is 2.43 bits per heavy atom. The molecule has 1 heterocycles. The molecule has 0 bridgehead atoms. The predicted molar refractivity (Wildman–Crippen MR) is 111 cm³/mol. The molecule has 1 fully saturated rings. The number of para-hydroxylation sites is 1. The summed E-state index contributed by atoms with van der Waals surface area (Å²) >= 11 is 0. The van der Waals surface area contributed by atoms with Crippen LogP contribution in [0.4, 0.5) is 5.69 Å². The van der Waals surface area contributed by atoms with Gasteiger partial charge < -0.3 is 15.0 Å². The van der Waals surface area contributed by atoms with Crippen molar-refractivity contribution in [3.63, 3.8) is 0 Å². The van der Waals surface area contributed by atoms with Crippen LogP contribution in [-0.2, 0) is 4.79 Å². The summed E-state index contributed by atoms with van der Waals surface area (Å²) in [4.78, 5) is 27.3. The highest BCUT2D eigenvalue weighted by Crippen LogP contribution is 2.21. The third-order valence-electron chi connectivity index (χ3n) is 5.01. The van der Waals surface area contributed by atoms with Crippen LogP contribution in [0, 0.1) is 13.8 Å². The molecule has 0 aromatic heterocycles. The monoisotopic (exact) mass is 380 g/mol. The highest BCUT2D eigenvalue weighted by molar-refractivity contribution is 6.04. The zero-order chi connectivity index (χ0) is 19.9. The van der Waals surface area contributed by atoms with Gasteiger partial charge in [0.1, 0.15) is 5.75 Å². The standard InChI is InChI=1S/C23H28N2O3/c1-17-11-12-21(18(2)15-17)28-16-22(26)24-20-10-6-5-9-19(20)23(27)25-13-7-3-4-8-14-25/h5-6,9-12,15H,3-4,7-8,13-14,16H2,1-2H3,(H,24,26). The Kier molecular flexibility index (Phi) is 6.69. The number of amides is 2. The Morgan fingerprint density at radius 2 is 1.71 bits per heavy atom. The first-order valence-electron chi connectivity index (χ1n) is 9.93. The second kappa shape index (κ2) is 9.40. The number of anilines is 1. The number of carbonyl (C=O) groups is 2. The van der Waals surface area contributed by atoms with Crippen LogP contribution in [0.2, 0.25) is 0 Å². The van der Waals surface area contributed by atoms with Gasteiger partial charge in [0.05, 0.1) is 11.3 Å². The van der Waals surface area contributed by atoms with Gasteiger partial charge in [-0.05, 0) is 50.5 Å². The van der Waals surface area contributed by atoms with Crippen LogP contribution >= 0.6 is 0 Å². The van der Waals surface area contributed by atoms with E-state index in [-0.39, 0.29) is 18.4 Å². The average Bonchev–Trinajstić information content (AvgIpc) is 2.97. The fourth-order valence-electron chi connectivity index (χ4n) is 3.51. The Hall–Kier alpha value is -2.82. The van der Waals surface area contributed by atoms with Crippen molar-refractivity contribution in [3.8, 4) is 5.75 Å². The van der Waals surface area contributed by atoms with E-state index in [0.717, 1.165) is 49.9 Å². The van der Waals surface area contributed by atoms with Gasteiger partial charge >= 0.3 is 0 Å². The van der Waals surface area contributed by atoms with Gasteiger partial charge in [0.2, 0.25) is 0 Å². The minimum absolute atomic E-state index is 0.0203. The molecule has 1 saturated heterocycles. The molecule has 0 radical (unpaired) electrons. The second-order valence-corrected chi connectivity index (χ2v) is 7.36. The zero-order valence-corrected chi connectivity index (χ0v) is 16.7. The molecule has 3 rings (SSSR count). The summed E-state index contributed by atoms with van der Waals surface area (Å²) in [5.74, 6) is 0.388. The SMILES string of the molecule is Cc1ccc(OCC(=O)Nc2ccccc2C(=O)N2CCCCCC2)c(C)c1. The number of rotatable bonds is 5. The topological polar surface area (TPSA) is 58.6 Å². The van der Waals surface area contributed by atoms with Gasteiger partial charge in [-0.2, -0.15) is 0 Å². The molecule has 0 aliphatic carbocycles. The summed E-state index contributed by atoms with van der Waals surface area (Å²) < 4.78 is 5.65. The lowest BCUT2D eigenvalue weighted by atomic mass is 10.1. The van der Waals surface area contributed by atoms with Crippen LogP contribution in [0.5, 0.6) is 5.75 Å². The number of benzene rings is 2. The number of aryl methyl sites for hydroxylation is 2. The highest BCUT2D eigenvalue weighted by atomic mass is 16.5. The van der Waals surface area contributed by atoms with Crippen LogP contribution in [0.3, 0.4) is 0 Å². The van der Waals surface area contributed by atoms with Crippen molar-refractivity contribution in [2.24, 2.45) is 0 Å². The first-order chi connectivity index (χ1) is 13.5. The summed E-state index contributed by atoms with van der Waals surface area (Å²) in [7, 11) is 0. The van der Waals surface area contributed by atoms with E-state index in [9.17, 15) is 9.59 Å². The largest absolute Gasteiger partial charge is 0.483 e. The molecule has 2 amide bonds. The lowest BCUT2D eigenvalue weighted by Crippen LogP contribution is -2.33. The molecule has 5 heteroatoms. The number of hydrogen-bond acceptors (Lipinski definition) is 3. The van der Waals surface area contributed by atoms with Crippen molar-refractivity contribution in [3.05, 3.63) is 59.2 Å². The van der Waals surface area contributed by atoms with Crippen molar-refractivity contribution in [2.75, 3.05) is 25.0 Å². The summed E-state index contributed by atoms with van der Waals surface area (Å²) in [6.07, 6.45) is 4.39. The van der Waals surface area contributed by atoms with Crippen molar-refractivity contribution in [1.82, 2.24) is 4.90 Å². The van der Waals surface area contributed by atoms with Gasteiger partial charge in [-0.3, -0.25) is 9.59 Å². The van der Waals surface area contributed by atoms with E-state index in [4.69, 9.17) is 4.74 Å². The fraction of sp³-hybridized carbons (Fsp3) is 0.391. The molecule has 0 atom stereocenters. The first kappa shape index (κ1) is 19.9. The average molecular weight is 380 g/mol. The maximum atomic E-state index is 13.0. The molecule has 28 heavy (non-hydrogen) atoms. The van der Waals surface area contributed by atoms with Crippen molar-refractivity contribution >= 4 is 17.5 Å². The summed E-state index contributed by atoms with van der Waals surface area (Å²) in [5, 5.41) is 2.84. The predicted octanol–water partition coefficient (Wildman–Crippen LogP) is 4.34. The van der Waals surface area contributed by atoms with Gasteiger partial charge in [0, 0.05) is 13.1 Å². The normalized spacial score (nSPS) is 14.3. The van der Waals surface area contributed by atoms with Crippen LogP contribution in [0.1, 0.15) is 47.2 Å². The first-order valence-corrected chi connectivity index (χ1v) is 9.93. The van der Waals surface area contributed by atoms with Gasteiger partial charge in [0.15, 0.2) is 6.61 Å². The number of carbonyl (C=O) groups excluding carboxylic acids is 2. The van der Waals surface area contributed by atoms with E-state index < -0.39 is 0 Å². The lowest BCUT2D eigenvalue weighted by Gasteiger charge is -2.22. The zero-order valence-electron chi connectivity index (χ0n) is 16.7. The van der Waals surface area contributed by atoms with E-state index in [1.807, 2.05) is 49.1 Å². The molecule has 0 unspecified atom stereocenters. The number of ether oxygens (including phenoxy) is 1. The van der Waals surface area contributed by atoms with Gasteiger partial charge in [-0.15, -0.1) is 0 Å². The van der Waals surface area contributed by atoms with Gasteiger partial charge in [0.25, 0.3) is 11.8 Å². The van der Waals surface area contributed by atoms with Crippen LogP contribution in [0.25, 0.3) is 0 Å². The smallest absolute Gasteiger partial charge is 0.262 e. The van der Waals surface area contributed by atoms with E-state index in [1.165, 1.54) is 0 Å². The molecule has 1 aliphatic rings. The molecule has 1 aliphatic heterocycles. The summed E-state index contributed by atoms with van der Waals surface area (Å²) in [5.41, 5.74) is 3.20. The molecule has 2 aromatic carbocycles. The third kappa shape index (κ3) is 5.12. The van der Waals surface area contributed by atoms with E-state index in [1.54, 1.807) is 12.1 Å². The Labute approximate surface area is 166 Å². The number of nitrogens with one attached hydrogen (secondary N) is 1. The molecular formula is C23H28N2O3. The minimum Gasteiger partial charge on any atom is -0.483 e. The maximum Gasteiger partial charge on any atom is 0.262 e. The number of likely N-dealkylation sites (tertiary alicyclic amines) is 1. The van der Waals surface area contributed by atoms with Crippen LogP contribution in [0.15, 0.2) is 42.5 Å². The molecule has 148 valence electrons. The van der Waals surface area contributed by atoms with Crippen LogP contribution in [-0.4, -0.2) is 36.4 Å². The maximum absolute atomic E-state index is 13.0. The van der Waals surface area contributed by atoms with Crippen molar-refractivity contribution in [1.29, 1.82) is 0 Å². The number of nitrogens with zero attached hydrogens (tertiary/aromatic N) is 1. The molecule has 1 N–H and O–H groups in total. The van der Waals surface area contributed by atoms with E-state index in [0.29, 0.717) is 17.0 Å². The highest BCUT2D eigenvalue weighted by Gasteiger charge is 2.20. The van der Waals surface area contributed by atoms with E-state index >= 15 is 0 Å². The van der Waals surface area contributed by atoms with Crippen molar-refractivity contribution in [2.45, 2.75) is 39.5 Å². The molecule has 0 spiro atoms. The van der Waals surface area contributed by atoms with Crippen molar-refractivity contribution < 1.29 is 14.3 Å². The Bertz CT molecular complexity index is 839. The minimum atomic E-state index is -0.281. The molecule has 5 nitrogen and oxygen atoms in total. The Balaban J connectivity index is 1.65. The summed E-state index contributed by atoms with van der Waals surface area (Å²) in [6.45, 7) is 5.42. The second-order valence-electron chi connectivity index (χ2n) is 7.36. The van der Waals surface area contributed by atoms with Gasteiger partial charge in [-0.1, -0.05) is 42.7 Å². The fourth-order valence-corrected chi connectivity index (χ4v) is 3.51. The van der Waals surface area contributed by atoms with Gasteiger partial charge in [-0.25, -0.2) is 0 Å². The molecule has 2 aromatic rings. The number of hydrogen-bond donors (Lipinski definition) is 1. The summed E-state index contributed by atoms with van der Waals surface area (Å²) in [6, 6.07) is 13.0. The van der Waals surface area contributed by atoms with Crippen LogP contribution < -0.4 is 10.1 Å². The molecular weight excluding hydrogens is 352 g/mol. The molecule has 0 saturated carbocycles. The lowest BCUT2D eigenvalue weighted by molar-refractivity contribution is -0.118. The quantitative estimate of drug-likeness (QED) is 0.840.